The zero-order valence-corrected chi connectivity index (χ0v) is 14.5. The summed E-state index contributed by atoms with van der Waals surface area (Å²) in [7, 11) is 2.11. The highest BCUT2D eigenvalue weighted by Gasteiger charge is 2.18. The number of benzene rings is 5. The Labute approximate surface area is 150 Å². The topological polar surface area (TPSA) is 8.81 Å². The number of aromatic nitrogens is 2. The van der Waals surface area contributed by atoms with Crippen molar-refractivity contribution in [2.75, 3.05) is 0 Å². The van der Waals surface area contributed by atoms with Crippen LogP contribution >= 0.6 is 0 Å². The van der Waals surface area contributed by atoms with E-state index in [2.05, 4.69) is 101 Å². The molecule has 0 saturated heterocycles. The third-order valence-electron chi connectivity index (χ3n) is 5.58. The van der Waals surface area contributed by atoms with Gasteiger partial charge in [0.15, 0.2) is 11.0 Å². The van der Waals surface area contributed by atoms with E-state index in [1.807, 2.05) is 0 Å². The van der Waals surface area contributed by atoms with Crippen molar-refractivity contribution in [2.45, 2.75) is 0 Å². The molecular formula is C24H17N2+. The summed E-state index contributed by atoms with van der Waals surface area (Å²) in [5, 5.41) is 7.94. The molecule has 0 bridgehead atoms. The minimum atomic E-state index is 1.23. The second-order valence-electron chi connectivity index (χ2n) is 7.03. The Morgan fingerprint density at radius 2 is 1.35 bits per heavy atom. The highest BCUT2D eigenvalue weighted by Crippen LogP contribution is 2.37. The molecule has 0 N–H and O–H groups in total. The lowest BCUT2D eigenvalue weighted by molar-refractivity contribution is -0.645. The highest BCUT2D eigenvalue weighted by molar-refractivity contribution is 6.24. The van der Waals surface area contributed by atoms with Crippen LogP contribution in [-0.2, 0) is 7.05 Å². The van der Waals surface area contributed by atoms with Crippen LogP contribution in [0.1, 0.15) is 0 Å². The smallest absolute Gasteiger partial charge is 0.232 e. The van der Waals surface area contributed by atoms with Gasteiger partial charge in [-0.3, -0.25) is 0 Å². The van der Waals surface area contributed by atoms with Crippen molar-refractivity contribution in [1.29, 1.82) is 0 Å². The van der Waals surface area contributed by atoms with Crippen LogP contribution in [0.2, 0.25) is 0 Å². The summed E-state index contributed by atoms with van der Waals surface area (Å²) in [6.45, 7) is 0. The third-order valence-corrected chi connectivity index (χ3v) is 5.58. The van der Waals surface area contributed by atoms with Crippen LogP contribution in [0.4, 0.5) is 0 Å². The molecule has 0 fully saturated rings. The number of fused-ring (bicyclic) bond motifs is 1. The molecule has 0 aliphatic heterocycles. The lowest BCUT2D eigenvalue weighted by Crippen LogP contribution is -2.25. The molecule has 0 unspecified atom stereocenters. The first-order chi connectivity index (χ1) is 12.8. The Bertz CT molecular complexity index is 1420. The molecule has 0 aliphatic carbocycles. The fourth-order valence-corrected chi connectivity index (χ4v) is 4.39. The molecule has 0 amide bonds. The molecule has 0 radical (unpaired) electrons. The minimum absolute atomic E-state index is 1.23. The van der Waals surface area contributed by atoms with Crippen molar-refractivity contribution in [2.24, 2.45) is 7.05 Å². The molecule has 6 rings (SSSR count). The quantitative estimate of drug-likeness (QED) is 0.283. The van der Waals surface area contributed by atoms with Gasteiger partial charge in [-0.1, -0.05) is 54.6 Å². The van der Waals surface area contributed by atoms with Crippen LogP contribution in [0, 0.1) is 0 Å². The maximum Gasteiger partial charge on any atom is 0.249 e. The Kier molecular flexibility index (Phi) is 2.57. The zero-order chi connectivity index (χ0) is 17.3. The second kappa shape index (κ2) is 4.83. The lowest BCUT2D eigenvalue weighted by atomic mass is 9.93. The molecule has 1 heterocycles. The Morgan fingerprint density at radius 1 is 0.654 bits per heavy atom. The van der Waals surface area contributed by atoms with Crippen LogP contribution in [0.3, 0.4) is 0 Å². The highest BCUT2D eigenvalue weighted by atomic mass is 15.1. The molecular weight excluding hydrogens is 316 g/mol. The van der Waals surface area contributed by atoms with Crippen molar-refractivity contribution in [3.05, 3.63) is 85.2 Å². The van der Waals surface area contributed by atoms with Crippen molar-refractivity contribution < 1.29 is 4.57 Å². The van der Waals surface area contributed by atoms with Gasteiger partial charge >= 0.3 is 0 Å². The average Bonchev–Trinajstić information content (AvgIpc) is 3.03. The first-order valence-electron chi connectivity index (χ1n) is 8.94. The maximum atomic E-state index is 2.31. The van der Waals surface area contributed by atoms with E-state index in [0.717, 1.165) is 0 Å². The van der Waals surface area contributed by atoms with Crippen LogP contribution < -0.4 is 4.57 Å². The number of imidazole rings is 1. The lowest BCUT2D eigenvalue weighted by Gasteiger charge is -2.12. The van der Waals surface area contributed by atoms with Gasteiger partial charge in [-0.2, -0.15) is 4.57 Å². The molecule has 122 valence electrons. The molecule has 2 heteroatoms. The van der Waals surface area contributed by atoms with Gasteiger partial charge in [0.2, 0.25) is 6.33 Å². The molecule has 1 aromatic heterocycles. The summed E-state index contributed by atoms with van der Waals surface area (Å²) >= 11 is 0. The van der Waals surface area contributed by atoms with E-state index in [1.54, 1.807) is 0 Å². The van der Waals surface area contributed by atoms with Crippen molar-refractivity contribution in [3.8, 4) is 5.69 Å². The SMILES string of the molecule is C[n+]1cn(-c2ccc3ccc4cccc5ccc2c3c45)c2ccccc21. The van der Waals surface area contributed by atoms with Crippen molar-refractivity contribution in [1.82, 2.24) is 4.57 Å². The average molecular weight is 333 g/mol. The Balaban J connectivity index is 1.82. The zero-order valence-electron chi connectivity index (χ0n) is 14.5. The van der Waals surface area contributed by atoms with E-state index in [9.17, 15) is 0 Å². The number of aryl methyl sites for hydroxylation is 1. The van der Waals surface area contributed by atoms with Gasteiger partial charge in [0.1, 0.15) is 5.69 Å². The van der Waals surface area contributed by atoms with Gasteiger partial charge < -0.3 is 0 Å². The summed E-state index contributed by atoms with van der Waals surface area (Å²) in [6.07, 6.45) is 2.18. The second-order valence-corrected chi connectivity index (χ2v) is 7.03. The van der Waals surface area contributed by atoms with Crippen molar-refractivity contribution >= 4 is 43.4 Å². The molecule has 2 nitrogen and oxygen atoms in total. The fourth-order valence-electron chi connectivity index (χ4n) is 4.39. The summed E-state index contributed by atoms with van der Waals surface area (Å²) < 4.78 is 4.49. The van der Waals surface area contributed by atoms with Gasteiger partial charge in [-0.25, -0.2) is 4.57 Å². The fraction of sp³-hybridized carbons (Fsp3) is 0.0417. The Morgan fingerprint density at radius 3 is 2.19 bits per heavy atom. The Hall–Kier alpha value is -3.39. The molecule has 6 aromatic rings. The molecule has 0 aliphatic rings. The summed E-state index contributed by atoms with van der Waals surface area (Å²) in [4.78, 5) is 0. The van der Waals surface area contributed by atoms with Gasteiger partial charge in [0, 0.05) is 10.8 Å². The number of para-hydroxylation sites is 2. The van der Waals surface area contributed by atoms with Crippen LogP contribution in [-0.4, -0.2) is 4.57 Å². The van der Waals surface area contributed by atoms with Gasteiger partial charge in [-0.05, 0) is 45.8 Å². The third kappa shape index (κ3) is 1.68. The molecule has 0 saturated carbocycles. The van der Waals surface area contributed by atoms with Crippen LogP contribution in [0.25, 0.3) is 49.0 Å². The van der Waals surface area contributed by atoms with E-state index >= 15 is 0 Å². The molecule has 5 aromatic carbocycles. The maximum absolute atomic E-state index is 2.31. The molecule has 26 heavy (non-hydrogen) atoms. The normalized spacial score (nSPS) is 12.0. The van der Waals surface area contributed by atoms with Gasteiger partial charge in [0.05, 0.1) is 7.05 Å². The minimum Gasteiger partial charge on any atom is -0.232 e. The number of hydrogen-bond donors (Lipinski definition) is 0. The standard InChI is InChI=1S/C24H17N2/c1-25-15-26(22-8-3-2-7-21(22)25)20-14-12-18-10-9-16-5-4-6-17-11-13-19(20)24(18)23(16)17/h2-15H,1H3/q+1. The molecule has 0 atom stereocenters. The van der Waals surface area contributed by atoms with Crippen molar-refractivity contribution in [3.63, 3.8) is 0 Å². The van der Waals surface area contributed by atoms with E-state index in [1.165, 1.54) is 49.0 Å². The summed E-state index contributed by atoms with van der Waals surface area (Å²) in [6, 6.07) is 28.6. The monoisotopic (exact) mass is 333 g/mol. The predicted molar refractivity (Wildman–Crippen MR) is 108 cm³/mol. The molecule has 0 spiro atoms. The number of hydrogen-bond acceptors (Lipinski definition) is 0. The van der Waals surface area contributed by atoms with E-state index < -0.39 is 0 Å². The van der Waals surface area contributed by atoms with E-state index in [0.29, 0.717) is 0 Å². The first-order valence-corrected chi connectivity index (χ1v) is 8.94. The van der Waals surface area contributed by atoms with Crippen LogP contribution in [0.5, 0.6) is 0 Å². The first kappa shape index (κ1) is 13.9. The number of rotatable bonds is 1. The van der Waals surface area contributed by atoms with E-state index in [4.69, 9.17) is 0 Å². The van der Waals surface area contributed by atoms with E-state index in [-0.39, 0.29) is 0 Å². The van der Waals surface area contributed by atoms with Gasteiger partial charge in [0.25, 0.3) is 0 Å². The number of nitrogens with zero attached hydrogens (tertiary/aromatic N) is 2. The summed E-state index contributed by atoms with van der Waals surface area (Å²) in [5.74, 6) is 0. The van der Waals surface area contributed by atoms with Gasteiger partial charge in [-0.15, -0.1) is 0 Å². The largest absolute Gasteiger partial charge is 0.249 e. The predicted octanol–water partition coefficient (Wildman–Crippen LogP) is 5.35. The summed E-state index contributed by atoms with van der Waals surface area (Å²) in [5.41, 5.74) is 3.69. The van der Waals surface area contributed by atoms with Crippen LogP contribution in [0.15, 0.2) is 85.2 Å².